The lowest BCUT2D eigenvalue weighted by Gasteiger charge is -2.05. The average Bonchev–Trinajstić information content (AvgIpc) is 2.04. The smallest absolute Gasteiger partial charge is 0.423 e. The van der Waals surface area contributed by atoms with Gasteiger partial charge < -0.3 is 15.2 Å². The Morgan fingerprint density at radius 1 is 1.23 bits per heavy atom. The van der Waals surface area contributed by atoms with E-state index in [0.717, 1.165) is 5.56 Å². The van der Waals surface area contributed by atoms with Gasteiger partial charge in [-0.05, 0) is 24.4 Å². The highest BCUT2D eigenvalue weighted by Crippen LogP contribution is 2.01. The van der Waals surface area contributed by atoms with Crippen LogP contribution in [-0.2, 0) is 6.42 Å². The Hall–Kier alpha value is -0.835. The van der Waals surface area contributed by atoms with E-state index in [-0.39, 0.29) is 6.10 Å². The second-order valence-corrected chi connectivity index (χ2v) is 3.17. The first kappa shape index (κ1) is 10.2. The van der Waals surface area contributed by atoms with Crippen molar-refractivity contribution in [2.24, 2.45) is 0 Å². The number of rotatable bonds is 3. The fourth-order valence-corrected chi connectivity index (χ4v) is 1.17. The summed E-state index contributed by atoms with van der Waals surface area (Å²) in [6.07, 6.45) is 0.215. The lowest BCUT2D eigenvalue weighted by atomic mass is 9.80. The molecule has 4 heteroatoms. The number of aliphatic hydroxyl groups excluding tert-OH is 1. The SMILES string of the molecule is CC(O)Cc1ccc(B(O)O)cc1. The Labute approximate surface area is 77.8 Å². The number of benzene rings is 1. The highest BCUT2D eigenvalue weighted by atomic mass is 16.4. The standard InChI is InChI=1S/C9H13BO3/c1-7(11)6-8-2-4-9(5-3-8)10(12)13/h2-5,7,11-13H,6H2,1H3. The van der Waals surface area contributed by atoms with E-state index in [1.54, 1.807) is 31.2 Å². The van der Waals surface area contributed by atoms with Gasteiger partial charge in [0.15, 0.2) is 0 Å². The van der Waals surface area contributed by atoms with Gasteiger partial charge in [0.1, 0.15) is 0 Å². The largest absolute Gasteiger partial charge is 0.488 e. The van der Waals surface area contributed by atoms with Crippen molar-refractivity contribution in [3.63, 3.8) is 0 Å². The Kier molecular flexibility index (Phi) is 3.48. The molecule has 13 heavy (non-hydrogen) atoms. The molecule has 0 fully saturated rings. The summed E-state index contributed by atoms with van der Waals surface area (Å²) in [7, 11) is -1.42. The van der Waals surface area contributed by atoms with Crippen LogP contribution in [0, 0.1) is 0 Å². The van der Waals surface area contributed by atoms with Gasteiger partial charge in [0.05, 0.1) is 6.10 Å². The molecule has 0 aliphatic carbocycles. The first-order valence-corrected chi connectivity index (χ1v) is 4.22. The molecule has 0 aliphatic rings. The molecule has 0 saturated carbocycles. The summed E-state index contributed by atoms with van der Waals surface area (Å²) >= 11 is 0. The molecular weight excluding hydrogens is 167 g/mol. The van der Waals surface area contributed by atoms with Gasteiger partial charge in [-0.25, -0.2) is 0 Å². The van der Waals surface area contributed by atoms with E-state index in [2.05, 4.69) is 0 Å². The number of hydrogen-bond donors (Lipinski definition) is 3. The van der Waals surface area contributed by atoms with Gasteiger partial charge in [-0.3, -0.25) is 0 Å². The molecule has 1 rings (SSSR count). The van der Waals surface area contributed by atoms with E-state index in [0.29, 0.717) is 11.9 Å². The van der Waals surface area contributed by atoms with Gasteiger partial charge in [-0.2, -0.15) is 0 Å². The van der Waals surface area contributed by atoms with Crippen molar-refractivity contribution < 1.29 is 15.2 Å². The van der Waals surface area contributed by atoms with E-state index in [9.17, 15) is 0 Å². The van der Waals surface area contributed by atoms with Crippen molar-refractivity contribution in [3.8, 4) is 0 Å². The second kappa shape index (κ2) is 4.41. The molecule has 1 aromatic carbocycles. The third-order valence-corrected chi connectivity index (χ3v) is 1.81. The normalized spacial score (nSPS) is 12.6. The van der Waals surface area contributed by atoms with Crippen molar-refractivity contribution in [1.29, 1.82) is 0 Å². The van der Waals surface area contributed by atoms with Crippen LogP contribution in [0.4, 0.5) is 0 Å². The summed E-state index contributed by atoms with van der Waals surface area (Å²) in [5, 5.41) is 26.7. The van der Waals surface area contributed by atoms with Crippen molar-refractivity contribution in [2.45, 2.75) is 19.4 Å². The molecule has 0 amide bonds. The Morgan fingerprint density at radius 3 is 2.15 bits per heavy atom. The molecule has 3 nitrogen and oxygen atoms in total. The summed E-state index contributed by atoms with van der Waals surface area (Å²) < 4.78 is 0. The zero-order valence-electron chi connectivity index (χ0n) is 7.51. The van der Waals surface area contributed by atoms with Gasteiger partial charge in [0, 0.05) is 0 Å². The lowest BCUT2D eigenvalue weighted by Crippen LogP contribution is -2.29. The summed E-state index contributed by atoms with van der Waals surface area (Å²) in [5.74, 6) is 0. The summed E-state index contributed by atoms with van der Waals surface area (Å²) in [5.41, 5.74) is 1.45. The minimum absolute atomic E-state index is 0.370. The maximum Gasteiger partial charge on any atom is 0.488 e. The maximum absolute atomic E-state index is 9.09. The van der Waals surface area contributed by atoms with Gasteiger partial charge in [-0.15, -0.1) is 0 Å². The third kappa shape index (κ3) is 3.18. The van der Waals surface area contributed by atoms with Crippen LogP contribution in [0.1, 0.15) is 12.5 Å². The molecule has 3 N–H and O–H groups in total. The first-order valence-electron chi connectivity index (χ1n) is 4.22. The highest BCUT2D eigenvalue weighted by molar-refractivity contribution is 6.58. The van der Waals surface area contributed by atoms with Crippen LogP contribution in [0.3, 0.4) is 0 Å². The van der Waals surface area contributed by atoms with Crippen LogP contribution in [0.5, 0.6) is 0 Å². The predicted molar refractivity (Wildman–Crippen MR) is 51.7 cm³/mol. The van der Waals surface area contributed by atoms with Crippen molar-refractivity contribution in [1.82, 2.24) is 0 Å². The number of hydrogen-bond acceptors (Lipinski definition) is 3. The minimum atomic E-state index is -1.42. The predicted octanol–water partition coefficient (Wildman–Crippen LogP) is -0.710. The van der Waals surface area contributed by atoms with E-state index in [1.807, 2.05) is 0 Å². The maximum atomic E-state index is 9.09. The Balaban J connectivity index is 2.70. The van der Waals surface area contributed by atoms with Gasteiger partial charge in [0.25, 0.3) is 0 Å². The highest BCUT2D eigenvalue weighted by Gasteiger charge is 2.09. The molecular formula is C9H13BO3. The average molecular weight is 180 g/mol. The topological polar surface area (TPSA) is 60.7 Å². The summed E-state index contributed by atoms with van der Waals surface area (Å²) in [6.45, 7) is 1.72. The molecule has 1 atom stereocenters. The molecule has 0 heterocycles. The molecule has 0 saturated heterocycles. The Bertz CT molecular complexity index is 256. The quantitative estimate of drug-likeness (QED) is 0.538. The van der Waals surface area contributed by atoms with Crippen LogP contribution in [-0.4, -0.2) is 28.4 Å². The van der Waals surface area contributed by atoms with Crippen LogP contribution < -0.4 is 5.46 Å². The Morgan fingerprint density at radius 2 is 1.77 bits per heavy atom. The monoisotopic (exact) mass is 180 g/mol. The second-order valence-electron chi connectivity index (χ2n) is 3.17. The minimum Gasteiger partial charge on any atom is -0.423 e. The third-order valence-electron chi connectivity index (χ3n) is 1.81. The summed E-state index contributed by atoms with van der Waals surface area (Å²) in [4.78, 5) is 0. The van der Waals surface area contributed by atoms with Crippen LogP contribution in [0.15, 0.2) is 24.3 Å². The molecule has 0 radical (unpaired) electrons. The van der Waals surface area contributed by atoms with E-state index < -0.39 is 7.12 Å². The molecule has 1 aromatic rings. The van der Waals surface area contributed by atoms with Gasteiger partial charge in [-0.1, -0.05) is 24.3 Å². The zero-order chi connectivity index (χ0) is 9.84. The van der Waals surface area contributed by atoms with Gasteiger partial charge in [0.2, 0.25) is 0 Å². The molecule has 0 bridgehead atoms. The van der Waals surface area contributed by atoms with Crippen molar-refractivity contribution in [3.05, 3.63) is 29.8 Å². The molecule has 1 unspecified atom stereocenters. The van der Waals surface area contributed by atoms with Crippen LogP contribution >= 0.6 is 0 Å². The van der Waals surface area contributed by atoms with Crippen molar-refractivity contribution >= 4 is 12.6 Å². The summed E-state index contributed by atoms with van der Waals surface area (Å²) in [6, 6.07) is 6.84. The fraction of sp³-hybridized carbons (Fsp3) is 0.333. The molecule has 0 spiro atoms. The van der Waals surface area contributed by atoms with E-state index >= 15 is 0 Å². The fourth-order valence-electron chi connectivity index (χ4n) is 1.17. The van der Waals surface area contributed by atoms with Crippen molar-refractivity contribution in [2.75, 3.05) is 0 Å². The zero-order valence-corrected chi connectivity index (χ0v) is 7.51. The van der Waals surface area contributed by atoms with Crippen LogP contribution in [0.2, 0.25) is 0 Å². The number of aliphatic hydroxyl groups is 1. The molecule has 0 aromatic heterocycles. The van der Waals surface area contributed by atoms with E-state index in [1.165, 1.54) is 0 Å². The van der Waals surface area contributed by atoms with E-state index in [4.69, 9.17) is 15.2 Å². The molecule has 0 aliphatic heterocycles. The lowest BCUT2D eigenvalue weighted by molar-refractivity contribution is 0.195. The molecule has 70 valence electrons. The van der Waals surface area contributed by atoms with Crippen LogP contribution in [0.25, 0.3) is 0 Å². The van der Waals surface area contributed by atoms with Gasteiger partial charge >= 0.3 is 7.12 Å². The first-order chi connectivity index (χ1) is 6.09.